The third-order valence-electron chi connectivity index (χ3n) is 4.75. The van der Waals surface area contributed by atoms with Gasteiger partial charge < -0.3 is 15.5 Å². The molecule has 0 aliphatic carbocycles. The van der Waals surface area contributed by atoms with Gasteiger partial charge in [-0.05, 0) is 39.2 Å². The zero-order valence-corrected chi connectivity index (χ0v) is 19.4. The number of carbonyl (C=O) groups is 2. The summed E-state index contributed by atoms with van der Waals surface area (Å²) in [7, 11) is 0. The van der Waals surface area contributed by atoms with Gasteiger partial charge in [0.1, 0.15) is 12.2 Å². The molecule has 3 atom stereocenters. The number of aliphatic hydroxyl groups excluding tert-OH is 2. The van der Waals surface area contributed by atoms with Crippen molar-refractivity contribution < 1.29 is 19.8 Å². The van der Waals surface area contributed by atoms with E-state index in [1.165, 1.54) is 24.3 Å². The van der Waals surface area contributed by atoms with Crippen molar-refractivity contribution in [2.45, 2.75) is 71.1 Å². The Morgan fingerprint density at radius 1 is 1.00 bits per heavy atom. The largest absolute Gasteiger partial charge is 0.386 e. The summed E-state index contributed by atoms with van der Waals surface area (Å²) in [6.07, 6.45) is 22.3. The highest BCUT2D eigenvalue weighted by Crippen LogP contribution is 2.07. The summed E-state index contributed by atoms with van der Waals surface area (Å²) < 4.78 is 0. The Hall–Kier alpha value is -2.76. The van der Waals surface area contributed by atoms with Crippen LogP contribution >= 0.6 is 0 Å². The molecule has 0 spiro atoms. The molecule has 1 aliphatic heterocycles. The Bertz CT molecular complexity index is 812. The van der Waals surface area contributed by atoms with E-state index < -0.39 is 12.2 Å². The number of ketones is 1. The van der Waals surface area contributed by atoms with Gasteiger partial charge in [-0.1, -0.05) is 91.3 Å². The standard InChI is InChI=1S/C27H37NO4/c1-4-5-6-7-14-23-15-10-8-12-21(2)13-9-11-16-25(30)26(31)19-22(3)17-18-24(29)20-27(32)28-23/h6-13,16-19,23,25-26,30-31H,4-5,14-15,20H2,1-3H3,(H,28,32)/b7-6+,10-8+,13-9+,16-11-,18-17+,21-12+,22-19-. The summed E-state index contributed by atoms with van der Waals surface area (Å²) in [5.74, 6) is -0.632. The first-order chi connectivity index (χ1) is 15.3. The third kappa shape index (κ3) is 12.8. The Balaban J connectivity index is 3.04. The molecular weight excluding hydrogens is 402 g/mol. The zero-order chi connectivity index (χ0) is 23.8. The van der Waals surface area contributed by atoms with Crippen molar-refractivity contribution in [3.8, 4) is 0 Å². The third-order valence-corrected chi connectivity index (χ3v) is 4.75. The molecule has 1 rings (SSSR count). The second-order valence-corrected chi connectivity index (χ2v) is 7.95. The summed E-state index contributed by atoms with van der Waals surface area (Å²) in [5, 5.41) is 23.1. The molecule has 0 aromatic carbocycles. The molecule has 0 fully saturated rings. The van der Waals surface area contributed by atoms with Crippen LogP contribution in [0.5, 0.6) is 0 Å². The van der Waals surface area contributed by atoms with Crippen molar-refractivity contribution in [2.75, 3.05) is 0 Å². The number of nitrogens with one attached hydrogen (secondary N) is 1. The highest BCUT2D eigenvalue weighted by molar-refractivity contribution is 6.03. The van der Waals surface area contributed by atoms with Crippen molar-refractivity contribution >= 4 is 11.7 Å². The molecule has 0 saturated carbocycles. The quantitative estimate of drug-likeness (QED) is 0.447. The Morgan fingerprint density at radius 2 is 1.78 bits per heavy atom. The maximum atomic E-state index is 12.4. The molecular formula is C27H37NO4. The predicted molar refractivity (Wildman–Crippen MR) is 131 cm³/mol. The molecule has 0 bridgehead atoms. The molecule has 174 valence electrons. The molecule has 5 nitrogen and oxygen atoms in total. The summed E-state index contributed by atoms with van der Waals surface area (Å²) in [5.41, 5.74) is 1.64. The fourth-order valence-electron chi connectivity index (χ4n) is 2.92. The van der Waals surface area contributed by atoms with Gasteiger partial charge in [0.05, 0.1) is 6.42 Å². The van der Waals surface area contributed by atoms with E-state index in [1.54, 1.807) is 19.1 Å². The van der Waals surface area contributed by atoms with E-state index in [0.29, 0.717) is 18.4 Å². The van der Waals surface area contributed by atoms with Crippen molar-refractivity contribution in [1.82, 2.24) is 5.32 Å². The molecule has 0 radical (unpaired) electrons. The minimum absolute atomic E-state index is 0.0836. The average molecular weight is 440 g/mol. The number of allylic oxidation sites excluding steroid dienone is 10. The minimum atomic E-state index is -1.10. The molecule has 1 aliphatic rings. The van der Waals surface area contributed by atoms with Gasteiger partial charge in [0.25, 0.3) is 0 Å². The number of hydrogen-bond acceptors (Lipinski definition) is 4. The molecule has 0 aromatic heterocycles. The fourth-order valence-corrected chi connectivity index (χ4v) is 2.92. The topological polar surface area (TPSA) is 86.6 Å². The number of aliphatic hydroxyl groups is 2. The van der Waals surface area contributed by atoms with E-state index in [9.17, 15) is 19.8 Å². The zero-order valence-electron chi connectivity index (χ0n) is 19.4. The molecule has 0 saturated heterocycles. The maximum Gasteiger partial charge on any atom is 0.228 e. The summed E-state index contributed by atoms with van der Waals surface area (Å²) in [6.45, 7) is 5.80. The lowest BCUT2D eigenvalue weighted by molar-refractivity contribution is -0.126. The summed E-state index contributed by atoms with van der Waals surface area (Å²) >= 11 is 0. The fraction of sp³-hybridized carbons (Fsp3) is 0.407. The van der Waals surface area contributed by atoms with Gasteiger partial charge in [0, 0.05) is 6.04 Å². The number of unbranched alkanes of at least 4 members (excludes halogenated alkanes) is 1. The highest BCUT2D eigenvalue weighted by Gasteiger charge is 2.13. The van der Waals surface area contributed by atoms with Crippen LogP contribution in [0.3, 0.4) is 0 Å². The molecule has 0 aromatic rings. The van der Waals surface area contributed by atoms with Gasteiger partial charge in [-0.25, -0.2) is 0 Å². The van der Waals surface area contributed by atoms with E-state index in [4.69, 9.17) is 0 Å². The maximum absolute atomic E-state index is 12.4. The van der Waals surface area contributed by atoms with Crippen LogP contribution in [0.2, 0.25) is 0 Å². The number of amides is 1. The molecule has 3 unspecified atom stereocenters. The van der Waals surface area contributed by atoms with E-state index in [0.717, 1.165) is 18.4 Å². The van der Waals surface area contributed by atoms with Gasteiger partial charge >= 0.3 is 0 Å². The van der Waals surface area contributed by atoms with Crippen LogP contribution in [-0.4, -0.2) is 40.2 Å². The normalized spacial score (nSPS) is 31.6. The highest BCUT2D eigenvalue weighted by atomic mass is 16.3. The van der Waals surface area contributed by atoms with Gasteiger partial charge in [-0.15, -0.1) is 0 Å². The lowest BCUT2D eigenvalue weighted by Crippen LogP contribution is -2.35. The van der Waals surface area contributed by atoms with Crippen LogP contribution in [-0.2, 0) is 9.59 Å². The monoisotopic (exact) mass is 439 g/mol. The first-order valence-electron chi connectivity index (χ1n) is 11.2. The first-order valence-corrected chi connectivity index (χ1v) is 11.2. The molecule has 3 N–H and O–H groups in total. The summed E-state index contributed by atoms with van der Waals surface area (Å²) in [6, 6.07) is -0.0836. The lowest BCUT2D eigenvalue weighted by atomic mass is 10.1. The van der Waals surface area contributed by atoms with Crippen LogP contribution in [0.4, 0.5) is 0 Å². The van der Waals surface area contributed by atoms with Gasteiger partial charge in [-0.2, -0.15) is 0 Å². The average Bonchev–Trinajstić information content (AvgIpc) is 2.74. The lowest BCUT2D eigenvalue weighted by Gasteiger charge is -2.15. The molecule has 32 heavy (non-hydrogen) atoms. The smallest absolute Gasteiger partial charge is 0.228 e. The predicted octanol–water partition coefficient (Wildman–Crippen LogP) is 4.42. The van der Waals surface area contributed by atoms with Gasteiger partial charge in [0.2, 0.25) is 5.91 Å². The van der Waals surface area contributed by atoms with Crippen LogP contribution in [0.15, 0.2) is 84.1 Å². The van der Waals surface area contributed by atoms with Crippen LogP contribution < -0.4 is 5.32 Å². The minimum Gasteiger partial charge on any atom is -0.386 e. The Labute approximate surface area is 192 Å². The van der Waals surface area contributed by atoms with Crippen molar-refractivity contribution in [1.29, 1.82) is 0 Å². The van der Waals surface area contributed by atoms with E-state index in [2.05, 4.69) is 24.4 Å². The SMILES string of the molecule is CCC/C=C/CC1C/C=C/C=C(C)/C=C/C=C\C(O)C(O)/C=C(C)\C=C\C(=O)CC(=O)N1. The van der Waals surface area contributed by atoms with Gasteiger partial charge in [-0.3, -0.25) is 9.59 Å². The molecule has 1 amide bonds. The Morgan fingerprint density at radius 3 is 2.53 bits per heavy atom. The van der Waals surface area contributed by atoms with E-state index in [1.807, 2.05) is 31.2 Å². The molecule has 1 heterocycles. The first kappa shape index (κ1) is 27.3. The van der Waals surface area contributed by atoms with E-state index >= 15 is 0 Å². The van der Waals surface area contributed by atoms with E-state index in [-0.39, 0.29) is 24.2 Å². The Kier molecular flexibility index (Phi) is 13.6. The van der Waals surface area contributed by atoms with Crippen LogP contribution in [0.1, 0.15) is 52.9 Å². The van der Waals surface area contributed by atoms with Crippen LogP contribution in [0.25, 0.3) is 0 Å². The van der Waals surface area contributed by atoms with Crippen molar-refractivity contribution in [2.24, 2.45) is 0 Å². The second kappa shape index (κ2) is 16.0. The van der Waals surface area contributed by atoms with Crippen molar-refractivity contribution in [3.05, 3.63) is 84.1 Å². The number of carbonyl (C=O) groups excluding carboxylic acids is 2. The van der Waals surface area contributed by atoms with Crippen LogP contribution in [0, 0.1) is 0 Å². The van der Waals surface area contributed by atoms with Crippen molar-refractivity contribution in [3.63, 3.8) is 0 Å². The number of rotatable bonds is 4. The second-order valence-electron chi connectivity index (χ2n) is 7.95. The summed E-state index contributed by atoms with van der Waals surface area (Å²) in [4.78, 5) is 24.5. The van der Waals surface area contributed by atoms with Gasteiger partial charge in [0.15, 0.2) is 5.78 Å². The molecule has 5 heteroatoms. The number of hydrogen-bond donors (Lipinski definition) is 3.